The molecule has 26 heavy (non-hydrogen) atoms. The van der Waals surface area contributed by atoms with Gasteiger partial charge in [-0.2, -0.15) is 0 Å². The summed E-state index contributed by atoms with van der Waals surface area (Å²) in [5.41, 5.74) is 1.46. The van der Waals surface area contributed by atoms with Crippen LogP contribution in [0.2, 0.25) is 0 Å². The number of carbonyl (C=O) groups excluding carboxylic acids is 1. The summed E-state index contributed by atoms with van der Waals surface area (Å²) in [6, 6.07) is 12.1. The van der Waals surface area contributed by atoms with Crippen LogP contribution in [0.1, 0.15) is 24.2 Å². The standard InChI is InChI=1S/C18H16BrN3O4/c1-10(2)25-13-5-3-4-11(8-13)17(23)20-15-7-6-12(19)9-14(15)16-21-18(24)26-22-16/h3-10H,1-2H3,(H,20,23)(H,21,22,24). The summed E-state index contributed by atoms with van der Waals surface area (Å²) in [5.74, 6) is -0.141. The second-order valence-corrected chi connectivity index (χ2v) is 6.70. The average Bonchev–Trinajstić information content (AvgIpc) is 3.02. The first kappa shape index (κ1) is 17.9. The van der Waals surface area contributed by atoms with Crippen molar-refractivity contribution in [3.8, 4) is 17.1 Å². The highest BCUT2D eigenvalue weighted by Gasteiger charge is 2.15. The van der Waals surface area contributed by atoms with Gasteiger partial charge in [0.1, 0.15) is 5.75 Å². The molecular formula is C18H16BrN3O4. The Morgan fingerprint density at radius 3 is 2.77 bits per heavy atom. The largest absolute Gasteiger partial charge is 0.491 e. The Labute approximate surface area is 157 Å². The molecule has 3 rings (SSSR count). The van der Waals surface area contributed by atoms with Crippen molar-refractivity contribution in [2.24, 2.45) is 0 Å². The summed E-state index contributed by atoms with van der Waals surface area (Å²) in [6.07, 6.45) is 0.00961. The van der Waals surface area contributed by atoms with Crippen LogP contribution in [0.25, 0.3) is 11.4 Å². The predicted molar refractivity (Wildman–Crippen MR) is 100 cm³/mol. The lowest BCUT2D eigenvalue weighted by Crippen LogP contribution is -2.13. The van der Waals surface area contributed by atoms with E-state index in [4.69, 9.17) is 4.74 Å². The predicted octanol–water partition coefficient (Wildman–Crippen LogP) is 3.83. The number of benzene rings is 2. The molecule has 1 amide bonds. The fraction of sp³-hybridized carbons (Fsp3) is 0.167. The highest BCUT2D eigenvalue weighted by atomic mass is 79.9. The van der Waals surface area contributed by atoms with Crippen molar-refractivity contribution in [1.82, 2.24) is 10.1 Å². The minimum Gasteiger partial charge on any atom is -0.491 e. The van der Waals surface area contributed by atoms with Crippen LogP contribution in [0.3, 0.4) is 0 Å². The maximum Gasteiger partial charge on any atom is 0.439 e. The van der Waals surface area contributed by atoms with Crippen LogP contribution in [0.5, 0.6) is 5.75 Å². The second-order valence-electron chi connectivity index (χ2n) is 5.78. The van der Waals surface area contributed by atoms with E-state index in [9.17, 15) is 9.59 Å². The van der Waals surface area contributed by atoms with Gasteiger partial charge in [-0.15, -0.1) is 0 Å². The molecular weight excluding hydrogens is 402 g/mol. The lowest BCUT2D eigenvalue weighted by molar-refractivity contribution is 0.102. The van der Waals surface area contributed by atoms with Gasteiger partial charge in [-0.1, -0.05) is 27.2 Å². The number of carbonyl (C=O) groups is 1. The monoisotopic (exact) mass is 417 g/mol. The molecule has 0 atom stereocenters. The molecule has 0 fully saturated rings. The van der Waals surface area contributed by atoms with Crippen LogP contribution in [-0.4, -0.2) is 22.2 Å². The van der Waals surface area contributed by atoms with Crippen LogP contribution in [0.4, 0.5) is 5.69 Å². The van der Waals surface area contributed by atoms with Gasteiger partial charge >= 0.3 is 5.76 Å². The first-order valence-electron chi connectivity index (χ1n) is 7.86. The molecule has 3 aromatic rings. The van der Waals surface area contributed by atoms with Crippen molar-refractivity contribution in [3.05, 3.63) is 63.1 Å². The molecule has 1 heterocycles. The maximum absolute atomic E-state index is 12.6. The normalized spacial score (nSPS) is 10.8. The molecule has 0 saturated carbocycles. The van der Waals surface area contributed by atoms with E-state index in [0.29, 0.717) is 22.6 Å². The summed E-state index contributed by atoms with van der Waals surface area (Å²) < 4.78 is 10.9. The quantitative estimate of drug-likeness (QED) is 0.657. The number of H-pyrrole nitrogens is 1. The average molecular weight is 418 g/mol. The van der Waals surface area contributed by atoms with Gasteiger partial charge in [0, 0.05) is 15.6 Å². The van der Waals surface area contributed by atoms with Crippen molar-refractivity contribution < 1.29 is 14.1 Å². The van der Waals surface area contributed by atoms with Crippen molar-refractivity contribution in [2.75, 3.05) is 5.32 Å². The van der Waals surface area contributed by atoms with E-state index < -0.39 is 5.76 Å². The SMILES string of the molecule is CC(C)Oc1cccc(C(=O)Nc2ccc(Br)cc2-c2noc(=O)[nH]2)c1. The van der Waals surface area contributed by atoms with E-state index in [1.54, 1.807) is 42.5 Å². The molecule has 134 valence electrons. The summed E-state index contributed by atoms with van der Waals surface area (Å²) in [5, 5.41) is 6.50. The first-order valence-corrected chi connectivity index (χ1v) is 8.65. The number of hydrogen-bond acceptors (Lipinski definition) is 5. The van der Waals surface area contributed by atoms with Gasteiger partial charge in [0.05, 0.1) is 11.8 Å². The molecule has 0 saturated heterocycles. The Morgan fingerprint density at radius 1 is 1.27 bits per heavy atom. The third-order valence-electron chi connectivity index (χ3n) is 3.39. The van der Waals surface area contributed by atoms with Gasteiger partial charge in [0.2, 0.25) is 0 Å². The number of aromatic amines is 1. The molecule has 0 aliphatic carbocycles. The first-order chi connectivity index (χ1) is 12.4. The van der Waals surface area contributed by atoms with E-state index >= 15 is 0 Å². The molecule has 0 aliphatic heterocycles. The smallest absolute Gasteiger partial charge is 0.439 e. The minimum absolute atomic E-state index is 0.00961. The second kappa shape index (κ2) is 7.57. The van der Waals surface area contributed by atoms with Crippen LogP contribution in [0, 0.1) is 0 Å². The molecule has 0 radical (unpaired) electrons. The number of nitrogens with zero attached hydrogens (tertiary/aromatic N) is 1. The van der Waals surface area contributed by atoms with Gasteiger partial charge in [-0.05, 0) is 50.2 Å². The van der Waals surface area contributed by atoms with Crippen LogP contribution in [0.15, 0.2) is 56.3 Å². The summed E-state index contributed by atoms with van der Waals surface area (Å²) >= 11 is 3.36. The number of nitrogens with one attached hydrogen (secondary N) is 2. The Hall–Kier alpha value is -2.87. The molecule has 0 bridgehead atoms. The molecule has 0 unspecified atom stereocenters. The van der Waals surface area contributed by atoms with Crippen LogP contribution < -0.4 is 15.8 Å². The van der Waals surface area contributed by atoms with E-state index in [2.05, 4.69) is 35.9 Å². The molecule has 0 aliphatic rings. The van der Waals surface area contributed by atoms with Gasteiger partial charge < -0.3 is 10.1 Å². The Kier molecular flexibility index (Phi) is 5.22. The summed E-state index contributed by atoms with van der Waals surface area (Å²) in [7, 11) is 0. The number of rotatable bonds is 5. The van der Waals surface area contributed by atoms with Crippen molar-refractivity contribution in [1.29, 1.82) is 0 Å². The zero-order chi connectivity index (χ0) is 18.7. The topological polar surface area (TPSA) is 97.2 Å². The summed E-state index contributed by atoms with van der Waals surface area (Å²) in [4.78, 5) is 26.3. The van der Waals surface area contributed by atoms with Gasteiger partial charge in [0.25, 0.3) is 5.91 Å². The highest BCUT2D eigenvalue weighted by Crippen LogP contribution is 2.29. The number of ether oxygens (including phenoxy) is 1. The van der Waals surface area contributed by atoms with Gasteiger partial charge in [-0.25, -0.2) is 4.79 Å². The molecule has 7 nitrogen and oxygen atoms in total. The van der Waals surface area contributed by atoms with E-state index in [1.165, 1.54) is 0 Å². The van der Waals surface area contributed by atoms with Crippen molar-refractivity contribution >= 4 is 27.5 Å². The van der Waals surface area contributed by atoms with Crippen LogP contribution >= 0.6 is 15.9 Å². The maximum atomic E-state index is 12.6. The molecule has 2 aromatic carbocycles. The van der Waals surface area contributed by atoms with Gasteiger partial charge in [0.15, 0.2) is 5.82 Å². The number of anilines is 1. The third-order valence-corrected chi connectivity index (χ3v) is 3.89. The fourth-order valence-electron chi connectivity index (χ4n) is 2.34. The summed E-state index contributed by atoms with van der Waals surface area (Å²) in [6.45, 7) is 3.83. The van der Waals surface area contributed by atoms with E-state index in [1.807, 2.05) is 13.8 Å². The Morgan fingerprint density at radius 2 is 2.08 bits per heavy atom. The van der Waals surface area contributed by atoms with E-state index in [0.717, 1.165) is 4.47 Å². The zero-order valence-corrected chi connectivity index (χ0v) is 15.7. The number of hydrogen-bond donors (Lipinski definition) is 2. The fourth-order valence-corrected chi connectivity index (χ4v) is 2.71. The van der Waals surface area contributed by atoms with Crippen molar-refractivity contribution in [2.45, 2.75) is 20.0 Å². The van der Waals surface area contributed by atoms with Crippen molar-refractivity contribution in [3.63, 3.8) is 0 Å². The minimum atomic E-state index is -0.671. The molecule has 1 aromatic heterocycles. The van der Waals surface area contributed by atoms with Gasteiger partial charge in [-0.3, -0.25) is 14.3 Å². The number of halogens is 1. The molecule has 0 spiro atoms. The Balaban J connectivity index is 1.89. The lowest BCUT2D eigenvalue weighted by atomic mass is 10.1. The molecule has 8 heteroatoms. The highest BCUT2D eigenvalue weighted by molar-refractivity contribution is 9.10. The molecule has 2 N–H and O–H groups in total. The van der Waals surface area contributed by atoms with E-state index in [-0.39, 0.29) is 17.8 Å². The Bertz CT molecular complexity index is 994. The number of aromatic nitrogens is 2. The third kappa shape index (κ3) is 4.20. The lowest BCUT2D eigenvalue weighted by Gasteiger charge is -2.12. The van der Waals surface area contributed by atoms with Crippen LogP contribution in [-0.2, 0) is 0 Å². The zero-order valence-electron chi connectivity index (χ0n) is 14.1. The number of amides is 1.